The lowest BCUT2D eigenvalue weighted by molar-refractivity contribution is 0.392. The first kappa shape index (κ1) is 8.28. The van der Waals surface area contributed by atoms with Gasteiger partial charge in [-0.2, -0.15) is 0 Å². The molecule has 0 fully saturated rings. The van der Waals surface area contributed by atoms with Crippen molar-refractivity contribution in [2.75, 3.05) is 0 Å². The van der Waals surface area contributed by atoms with Crippen molar-refractivity contribution >= 4 is 6.08 Å². The van der Waals surface area contributed by atoms with E-state index in [0.717, 1.165) is 0 Å². The molecule has 0 bridgehead atoms. The van der Waals surface area contributed by atoms with Gasteiger partial charge >= 0.3 is 0 Å². The van der Waals surface area contributed by atoms with Crippen molar-refractivity contribution in [2.45, 2.75) is 26.7 Å². The van der Waals surface area contributed by atoms with Crippen LogP contribution in [0.15, 0.2) is 18.2 Å². The van der Waals surface area contributed by atoms with Crippen LogP contribution in [0.2, 0.25) is 0 Å². The maximum atomic E-state index is 2.36. The second-order valence-electron chi connectivity index (χ2n) is 5.25. The minimum Gasteiger partial charge on any atom is -0.0754 e. The zero-order chi connectivity index (χ0) is 9.76. The molecule has 1 aromatic rings. The topological polar surface area (TPSA) is 0 Å². The van der Waals surface area contributed by atoms with E-state index in [-0.39, 0.29) is 0 Å². The maximum Gasteiger partial charge on any atom is 0.0131 e. The van der Waals surface area contributed by atoms with Crippen LogP contribution in [0.3, 0.4) is 0 Å². The van der Waals surface area contributed by atoms with Gasteiger partial charge in [0, 0.05) is 6.42 Å². The molecule has 2 aliphatic rings. The Hall–Kier alpha value is -1.04. The van der Waals surface area contributed by atoms with Crippen LogP contribution in [0.5, 0.6) is 0 Å². The molecule has 0 nitrogen and oxygen atoms in total. The molecule has 0 spiro atoms. The molecular weight excluding hydrogens is 168 g/mol. The Morgan fingerprint density at radius 3 is 2.86 bits per heavy atom. The number of fused-ring (bicyclic) bond motifs is 3. The predicted octanol–water partition coefficient (Wildman–Crippen LogP) is 3.39. The smallest absolute Gasteiger partial charge is 0.0131 e. The van der Waals surface area contributed by atoms with E-state index in [4.69, 9.17) is 0 Å². The second-order valence-corrected chi connectivity index (χ2v) is 5.25. The molecular formula is C14H15. The highest BCUT2D eigenvalue weighted by atomic mass is 14.3. The van der Waals surface area contributed by atoms with E-state index in [0.29, 0.717) is 5.41 Å². The standard InChI is InChI=1S/C14H15/c1-14(2)8-11-7-6-10-4-3-5-12(10)13(11)9-14/h3-7H,8-9H2,1-2H3. The number of hydrogen-bond acceptors (Lipinski definition) is 0. The van der Waals surface area contributed by atoms with Gasteiger partial charge in [-0.15, -0.1) is 0 Å². The molecule has 0 heterocycles. The molecule has 0 aromatic heterocycles. The van der Waals surface area contributed by atoms with Gasteiger partial charge in [0.1, 0.15) is 0 Å². The summed E-state index contributed by atoms with van der Waals surface area (Å²) in [6.45, 7) is 4.73. The number of allylic oxidation sites excluding steroid dienone is 1. The Balaban J connectivity index is 2.18. The average Bonchev–Trinajstić information content (AvgIpc) is 2.64. The van der Waals surface area contributed by atoms with Crippen LogP contribution in [0.25, 0.3) is 6.08 Å². The van der Waals surface area contributed by atoms with Gasteiger partial charge in [-0.25, -0.2) is 0 Å². The summed E-state index contributed by atoms with van der Waals surface area (Å²) in [5.41, 5.74) is 6.51. The van der Waals surface area contributed by atoms with Crippen LogP contribution in [-0.4, -0.2) is 0 Å². The summed E-state index contributed by atoms with van der Waals surface area (Å²) in [7, 11) is 0. The van der Waals surface area contributed by atoms with Gasteiger partial charge in [0.05, 0.1) is 0 Å². The fourth-order valence-corrected chi connectivity index (χ4v) is 2.75. The van der Waals surface area contributed by atoms with Crippen molar-refractivity contribution < 1.29 is 0 Å². The van der Waals surface area contributed by atoms with Crippen molar-refractivity contribution in [2.24, 2.45) is 5.41 Å². The van der Waals surface area contributed by atoms with Crippen molar-refractivity contribution in [1.82, 2.24) is 0 Å². The van der Waals surface area contributed by atoms with Gasteiger partial charge in [-0.3, -0.25) is 0 Å². The van der Waals surface area contributed by atoms with Gasteiger partial charge in [0.25, 0.3) is 0 Å². The number of rotatable bonds is 0. The van der Waals surface area contributed by atoms with E-state index in [1.807, 2.05) is 0 Å². The summed E-state index contributed by atoms with van der Waals surface area (Å²) in [5.74, 6) is 0. The monoisotopic (exact) mass is 183 g/mol. The summed E-state index contributed by atoms with van der Waals surface area (Å²) < 4.78 is 0. The van der Waals surface area contributed by atoms with E-state index in [1.165, 1.54) is 24.0 Å². The summed E-state index contributed by atoms with van der Waals surface area (Å²) in [4.78, 5) is 0. The fraction of sp³-hybridized carbons (Fsp3) is 0.357. The third-order valence-electron chi connectivity index (χ3n) is 3.35. The van der Waals surface area contributed by atoms with Gasteiger partial charge in [-0.05, 0) is 40.5 Å². The van der Waals surface area contributed by atoms with Gasteiger partial charge in [0.15, 0.2) is 0 Å². The van der Waals surface area contributed by atoms with E-state index < -0.39 is 0 Å². The molecule has 0 heteroatoms. The lowest BCUT2D eigenvalue weighted by atomic mass is 9.90. The maximum absolute atomic E-state index is 2.36. The van der Waals surface area contributed by atoms with E-state index in [2.05, 4.69) is 44.6 Å². The van der Waals surface area contributed by atoms with Crippen LogP contribution >= 0.6 is 0 Å². The molecule has 2 aliphatic carbocycles. The normalized spacial score (nSPS) is 21.0. The van der Waals surface area contributed by atoms with Crippen molar-refractivity contribution in [3.05, 3.63) is 46.9 Å². The van der Waals surface area contributed by atoms with Crippen LogP contribution in [-0.2, 0) is 12.8 Å². The van der Waals surface area contributed by atoms with Crippen LogP contribution in [0.1, 0.15) is 36.1 Å². The average molecular weight is 183 g/mol. The number of benzene rings is 1. The largest absolute Gasteiger partial charge is 0.0754 e. The fourth-order valence-electron chi connectivity index (χ4n) is 2.75. The molecule has 0 saturated carbocycles. The first-order valence-electron chi connectivity index (χ1n) is 5.32. The molecule has 0 saturated heterocycles. The van der Waals surface area contributed by atoms with Crippen LogP contribution < -0.4 is 0 Å². The van der Waals surface area contributed by atoms with Crippen molar-refractivity contribution in [1.29, 1.82) is 0 Å². The van der Waals surface area contributed by atoms with E-state index >= 15 is 0 Å². The van der Waals surface area contributed by atoms with Gasteiger partial charge in [-0.1, -0.05) is 38.1 Å². The molecule has 14 heavy (non-hydrogen) atoms. The first-order chi connectivity index (χ1) is 6.66. The molecule has 0 amide bonds. The second kappa shape index (κ2) is 2.50. The molecule has 0 unspecified atom stereocenters. The van der Waals surface area contributed by atoms with E-state index in [9.17, 15) is 0 Å². The Morgan fingerprint density at radius 2 is 2.00 bits per heavy atom. The predicted molar refractivity (Wildman–Crippen MR) is 60.1 cm³/mol. The van der Waals surface area contributed by atoms with Crippen LogP contribution in [0, 0.1) is 11.8 Å². The molecule has 71 valence electrons. The Labute approximate surface area is 85.6 Å². The molecule has 1 aromatic carbocycles. The SMILES string of the molecule is CC1(C)Cc2ccc3c(c2C1)C=C[CH]3. The zero-order valence-electron chi connectivity index (χ0n) is 8.80. The molecule has 0 atom stereocenters. The van der Waals surface area contributed by atoms with E-state index in [1.54, 1.807) is 11.1 Å². The third kappa shape index (κ3) is 1.06. The lowest BCUT2D eigenvalue weighted by Crippen LogP contribution is -2.09. The van der Waals surface area contributed by atoms with Crippen molar-refractivity contribution in [3.8, 4) is 0 Å². The Kier molecular flexibility index (Phi) is 1.48. The highest BCUT2D eigenvalue weighted by Gasteiger charge is 2.30. The highest BCUT2D eigenvalue weighted by molar-refractivity contribution is 5.70. The highest BCUT2D eigenvalue weighted by Crippen LogP contribution is 2.40. The van der Waals surface area contributed by atoms with Gasteiger partial charge < -0.3 is 0 Å². The molecule has 3 rings (SSSR count). The van der Waals surface area contributed by atoms with Crippen LogP contribution in [0.4, 0.5) is 0 Å². The molecule has 0 aliphatic heterocycles. The lowest BCUT2D eigenvalue weighted by Gasteiger charge is -2.15. The van der Waals surface area contributed by atoms with Crippen molar-refractivity contribution in [3.63, 3.8) is 0 Å². The Bertz CT molecular complexity index is 422. The molecule has 0 N–H and O–H groups in total. The van der Waals surface area contributed by atoms with Gasteiger partial charge in [0.2, 0.25) is 0 Å². The molecule has 1 radical (unpaired) electrons. The minimum atomic E-state index is 0.466. The third-order valence-corrected chi connectivity index (χ3v) is 3.35. The Morgan fingerprint density at radius 1 is 1.14 bits per heavy atom. The summed E-state index contributed by atoms with van der Waals surface area (Å²) in [5, 5.41) is 0. The summed E-state index contributed by atoms with van der Waals surface area (Å²) in [6.07, 6.45) is 9.11. The zero-order valence-corrected chi connectivity index (χ0v) is 8.80. The minimum absolute atomic E-state index is 0.466. The first-order valence-corrected chi connectivity index (χ1v) is 5.32. The summed E-state index contributed by atoms with van der Waals surface area (Å²) in [6, 6.07) is 4.57. The number of hydrogen-bond donors (Lipinski definition) is 0. The summed E-state index contributed by atoms with van der Waals surface area (Å²) >= 11 is 0. The quantitative estimate of drug-likeness (QED) is 0.578.